The molecule has 1 aliphatic carbocycles. The monoisotopic (exact) mass is 633 g/mol. The SMILES string of the molecule is Cc1cc2ncc3cc(-c4ccccc4C(F)(F)F)c(-c4ccc([C@]5(N6C(=O)c7ccccc7C6=O)C[C@](C)(O)C5)cc4)nc3n2n1. The fraction of sp³-hybridized carbons (Fsp3) is 0.194. The maximum Gasteiger partial charge on any atom is 0.417 e. The molecule has 0 spiro atoms. The first kappa shape index (κ1) is 29.0. The molecule has 0 saturated heterocycles. The highest BCUT2D eigenvalue weighted by Gasteiger charge is 2.60. The minimum atomic E-state index is -4.62. The van der Waals surface area contributed by atoms with Crippen LogP contribution in [-0.2, 0) is 11.7 Å². The zero-order valence-corrected chi connectivity index (χ0v) is 25.2. The highest BCUT2D eigenvalue weighted by molar-refractivity contribution is 6.22. The summed E-state index contributed by atoms with van der Waals surface area (Å²) in [5, 5.41) is 15.9. The van der Waals surface area contributed by atoms with E-state index in [2.05, 4.69) is 10.1 Å². The van der Waals surface area contributed by atoms with Gasteiger partial charge in [-0.05, 0) is 49.2 Å². The van der Waals surface area contributed by atoms with Crippen LogP contribution in [0.1, 0.15) is 57.3 Å². The van der Waals surface area contributed by atoms with Crippen molar-refractivity contribution in [3.63, 3.8) is 0 Å². The maximum atomic E-state index is 14.3. The predicted octanol–water partition coefficient (Wildman–Crippen LogP) is 6.98. The molecule has 2 aliphatic rings. The van der Waals surface area contributed by atoms with Gasteiger partial charge in [-0.3, -0.25) is 14.5 Å². The Morgan fingerprint density at radius 2 is 1.45 bits per heavy atom. The maximum absolute atomic E-state index is 14.3. The molecule has 234 valence electrons. The molecule has 11 heteroatoms. The lowest BCUT2D eigenvalue weighted by atomic mass is 9.61. The quantitative estimate of drug-likeness (QED) is 0.211. The minimum Gasteiger partial charge on any atom is -0.390 e. The Hall–Kier alpha value is -5.42. The Balaban J connectivity index is 1.30. The summed E-state index contributed by atoms with van der Waals surface area (Å²) < 4.78 is 44.4. The normalized spacial score (nSPS) is 21.0. The summed E-state index contributed by atoms with van der Waals surface area (Å²) in [6.45, 7) is 3.48. The van der Waals surface area contributed by atoms with Gasteiger partial charge < -0.3 is 5.11 Å². The van der Waals surface area contributed by atoms with Crippen LogP contribution in [0.5, 0.6) is 0 Å². The molecule has 3 aromatic carbocycles. The lowest BCUT2D eigenvalue weighted by Gasteiger charge is -2.55. The van der Waals surface area contributed by atoms with Crippen molar-refractivity contribution < 1.29 is 27.9 Å². The number of carbonyl (C=O) groups is 2. The van der Waals surface area contributed by atoms with E-state index < -0.39 is 34.7 Å². The van der Waals surface area contributed by atoms with E-state index in [-0.39, 0.29) is 29.7 Å². The van der Waals surface area contributed by atoms with Crippen molar-refractivity contribution in [2.45, 2.75) is 44.0 Å². The Bertz CT molecular complexity index is 2250. The molecule has 0 radical (unpaired) electrons. The fourth-order valence-electron chi connectivity index (χ4n) is 7.26. The lowest BCUT2D eigenvalue weighted by molar-refractivity contribution is -0.137. The fourth-order valence-corrected chi connectivity index (χ4v) is 7.26. The first-order valence-electron chi connectivity index (χ1n) is 15.0. The minimum absolute atomic E-state index is 0.0391. The molecule has 2 amide bonds. The van der Waals surface area contributed by atoms with Crippen LogP contribution in [0.4, 0.5) is 13.2 Å². The number of hydrogen-bond donors (Lipinski definition) is 1. The summed E-state index contributed by atoms with van der Waals surface area (Å²) >= 11 is 0. The van der Waals surface area contributed by atoms with Crippen LogP contribution in [-0.4, -0.2) is 47.0 Å². The van der Waals surface area contributed by atoms with E-state index in [0.29, 0.717) is 44.6 Å². The van der Waals surface area contributed by atoms with Gasteiger partial charge in [-0.15, -0.1) is 0 Å². The van der Waals surface area contributed by atoms with Gasteiger partial charge in [0.15, 0.2) is 11.3 Å². The number of carbonyl (C=O) groups excluding carboxylic acids is 2. The van der Waals surface area contributed by atoms with Gasteiger partial charge in [-0.1, -0.05) is 54.6 Å². The van der Waals surface area contributed by atoms with Crippen LogP contribution >= 0.6 is 0 Å². The second-order valence-corrected chi connectivity index (χ2v) is 12.6. The largest absolute Gasteiger partial charge is 0.417 e. The summed E-state index contributed by atoms with van der Waals surface area (Å²) in [6.07, 6.45) is -2.78. The van der Waals surface area contributed by atoms with Gasteiger partial charge in [0.1, 0.15) is 0 Å². The molecule has 6 aromatic rings. The molecular weight excluding hydrogens is 607 g/mol. The summed E-state index contributed by atoms with van der Waals surface area (Å²) in [5.41, 5.74) is 0.916. The average molecular weight is 634 g/mol. The molecule has 1 saturated carbocycles. The van der Waals surface area contributed by atoms with E-state index in [1.54, 1.807) is 84.4 Å². The summed E-state index contributed by atoms with van der Waals surface area (Å²) in [6, 6.07) is 22.4. The molecule has 0 bridgehead atoms. The van der Waals surface area contributed by atoms with Crippen molar-refractivity contribution in [2.24, 2.45) is 0 Å². The highest BCUT2D eigenvalue weighted by Crippen LogP contribution is 2.55. The van der Waals surface area contributed by atoms with Gasteiger partial charge in [-0.2, -0.15) is 22.8 Å². The molecule has 4 heterocycles. The van der Waals surface area contributed by atoms with Crippen molar-refractivity contribution in [3.8, 4) is 22.4 Å². The number of aryl methyl sites for hydroxylation is 1. The van der Waals surface area contributed by atoms with E-state index in [1.807, 2.05) is 6.92 Å². The van der Waals surface area contributed by atoms with Crippen molar-refractivity contribution >= 4 is 28.5 Å². The van der Waals surface area contributed by atoms with Gasteiger partial charge in [-0.25, -0.2) is 9.97 Å². The van der Waals surface area contributed by atoms with Crippen molar-refractivity contribution in [3.05, 3.63) is 119 Å². The van der Waals surface area contributed by atoms with Crippen LogP contribution in [0.25, 0.3) is 39.1 Å². The number of aliphatic hydroxyl groups is 1. The van der Waals surface area contributed by atoms with Crippen LogP contribution in [0.15, 0.2) is 91.1 Å². The van der Waals surface area contributed by atoms with Crippen LogP contribution in [0.3, 0.4) is 0 Å². The Labute approximate surface area is 266 Å². The van der Waals surface area contributed by atoms with Crippen molar-refractivity contribution in [2.75, 3.05) is 0 Å². The molecule has 1 N–H and O–H groups in total. The highest BCUT2D eigenvalue weighted by atomic mass is 19.4. The Morgan fingerprint density at radius 1 is 0.830 bits per heavy atom. The van der Waals surface area contributed by atoms with E-state index in [4.69, 9.17) is 4.98 Å². The molecule has 0 atom stereocenters. The molecule has 1 fully saturated rings. The average Bonchev–Trinajstić information content (AvgIpc) is 3.54. The summed E-state index contributed by atoms with van der Waals surface area (Å²) in [4.78, 5) is 37.7. The number of fused-ring (bicyclic) bond motifs is 4. The van der Waals surface area contributed by atoms with Crippen LogP contribution in [0, 0.1) is 6.92 Å². The van der Waals surface area contributed by atoms with Gasteiger partial charge in [0.2, 0.25) is 0 Å². The smallest absolute Gasteiger partial charge is 0.390 e. The molecule has 8 nitrogen and oxygen atoms in total. The van der Waals surface area contributed by atoms with Crippen molar-refractivity contribution in [1.82, 2.24) is 24.5 Å². The number of benzene rings is 3. The number of amides is 2. The zero-order chi connectivity index (χ0) is 32.9. The van der Waals surface area contributed by atoms with Crippen LogP contribution < -0.4 is 0 Å². The third-order valence-corrected chi connectivity index (χ3v) is 9.17. The first-order chi connectivity index (χ1) is 22.4. The first-order valence-corrected chi connectivity index (χ1v) is 15.0. The van der Waals surface area contributed by atoms with Crippen LogP contribution in [0.2, 0.25) is 0 Å². The van der Waals surface area contributed by atoms with Gasteiger partial charge in [0.25, 0.3) is 11.8 Å². The molecular formula is C36H26F3N5O3. The van der Waals surface area contributed by atoms with Gasteiger partial charge >= 0.3 is 6.18 Å². The number of halogens is 3. The molecule has 0 unspecified atom stereocenters. The lowest BCUT2D eigenvalue weighted by Crippen LogP contribution is -2.63. The third kappa shape index (κ3) is 4.37. The number of hydrogen-bond acceptors (Lipinski definition) is 6. The third-order valence-electron chi connectivity index (χ3n) is 9.17. The van der Waals surface area contributed by atoms with E-state index in [9.17, 15) is 27.9 Å². The number of alkyl halides is 3. The Morgan fingerprint density at radius 3 is 2.06 bits per heavy atom. The van der Waals surface area contributed by atoms with E-state index >= 15 is 0 Å². The van der Waals surface area contributed by atoms with Gasteiger partial charge in [0, 0.05) is 41.6 Å². The second-order valence-electron chi connectivity index (χ2n) is 12.6. The topological polar surface area (TPSA) is 101 Å². The molecule has 3 aromatic heterocycles. The second kappa shape index (κ2) is 9.79. The number of rotatable bonds is 4. The van der Waals surface area contributed by atoms with E-state index in [1.165, 1.54) is 17.0 Å². The number of imide groups is 1. The van der Waals surface area contributed by atoms with Gasteiger partial charge in [0.05, 0.1) is 39.2 Å². The zero-order valence-electron chi connectivity index (χ0n) is 25.2. The predicted molar refractivity (Wildman–Crippen MR) is 167 cm³/mol. The number of pyridine rings is 1. The number of nitrogens with zero attached hydrogens (tertiary/aromatic N) is 5. The summed E-state index contributed by atoms with van der Waals surface area (Å²) in [7, 11) is 0. The molecule has 47 heavy (non-hydrogen) atoms. The Kier molecular flexibility index (Phi) is 6.04. The standard InChI is InChI=1S/C36H26F3N5O3/c1-20-15-29-40-17-22-16-27(24-7-5-6-10-28(24)36(37,38)39)30(41-31(22)44(29)42-20)21-11-13-23(14-12-21)35(18-34(2,47)19-35)43-32(45)25-8-3-4-9-26(25)33(43)46/h3-17,47H,18-19H2,1-2H3/t34-,35-. The molecule has 1 aliphatic heterocycles. The molecule has 8 rings (SSSR count). The van der Waals surface area contributed by atoms with Crippen molar-refractivity contribution in [1.29, 1.82) is 0 Å². The van der Waals surface area contributed by atoms with E-state index in [0.717, 1.165) is 6.07 Å². The number of aromatic nitrogens is 4. The summed E-state index contributed by atoms with van der Waals surface area (Å²) in [5.74, 6) is -0.862.